The summed E-state index contributed by atoms with van der Waals surface area (Å²) in [5.74, 6) is 2.35. The molecule has 5 nitrogen and oxygen atoms in total. The van der Waals surface area contributed by atoms with Gasteiger partial charge in [0.15, 0.2) is 0 Å². The van der Waals surface area contributed by atoms with Gasteiger partial charge in [-0.05, 0) is 50.0 Å². The number of nitrogens with zero attached hydrogens (tertiary/aromatic N) is 2. The monoisotopic (exact) mass is 346 g/mol. The van der Waals surface area contributed by atoms with Crippen LogP contribution < -0.4 is 4.74 Å². The van der Waals surface area contributed by atoms with Crippen molar-refractivity contribution in [1.29, 1.82) is 0 Å². The maximum Gasteiger partial charge on any atom is 0.217 e. The summed E-state index contributed by atoms with van der Waals surface area (Å²) in [6.45, 7) is 5.73. The first-order valence-electron chi connectivity index (χ1n) is 9.68. The number of rotatable bonds is 8. The van der Waals surface area contributed by atoms with Crippen LogP contribution in [0, 0.1) is 11.8 Å². The Balaban J connectivity index is 1.22. The van der Waals surface area contributed by atoms with E-state index in [1.54, 1.807) is 13.3 Å². The standard InChI is InChI=1S/C20H30N2O3/c1-23-19-18(3-2-8-21-19)12-22-14-20(15-22)11-16(7-10-25-20)6-9-24-13-17-4-5-17/h2-3,8,16-17H,4-7,9-15H2,1H3/t16-/m1/s1. The molecule has 1 atom stereocenters. The van der Waals surface area contributed by atoms with E-state index in [0.29, 0.717) is 0 Å². The number of pyridine rings is 1. The molecular weight excluding hydrogens is 316 g/mol. The number of ether oxygens (including phenoxy) is 3. The van der Waals surface area contributed by atoms with E-state index in [2.05, 4.69) is 16.0 Å². The van der Waals surface area contributed by atoms with E-state index < -0.39 is 0 Å². The predicted octanol–water partition coefficient (Wildman–Crippen LogP) is 2.89. The van der Waals surface area contributed by atoms with Crippen LogP contribution in [0.2, 0.25) is 0 Å². The second-order valence-corrected chi connectivity index (χ2v) is 8.01. The van der Waals surface area contributed by atoms with Crippen molar-refractivity contribution in [3.8, 4) is 5.88 Å². The lowest BCUT2D eigenvalue weighted by Gasteiger charge is -2.53. The Morgan fingerprint density at radius 3 is 2.96 bits per heavy atom. The van der Waals surface area contributed by atoms with Gasteiger partial charge in [-0.2, -0.15) is 0 Å². The quantitative estimate of drug-likeness (QED) is 0.677. The summed E-state index contributed by atoms with van der Waals surface area (Å²) in [4.78, 5) is 6.73. The predicted molar refractivity (Wildman–Crippen MR) is 95.6 cm³/mol. The Hall–Kier alpha value is -1.17. The van der Waals surface area contributed by atoms with Gasteiger partial charge in [-0.3, -0.25) is 4.90 Å². The van der Waals surface area contributed by atoms with Crippen LogP contribution in [0.3, 0.4) is 0 Å². The smallest absolute Gasteiger partial charge is 0.217 e. The second kappa shape index (κ2) is 7.60. The molecule has 1 aliphatic carbocycles. The highest BCUT2D eigenvalue weighted by molar-refractivity contribution is 5.25. The van der Waals surface area contributed by atoms with Crippen LogP contribution in [0.5, 0.6) is 5.88 Å². The minimum absolute atomic E-state index is 0.0782. The van der Waals surface area contributed by atoms with Crippen LogP contribution >= 0.6 is 0 Å². The molecule has 2 aliphatic heterocycles. The molecule has 0 N–H and O–H groups in total. The van der Waals surface area contributed by atoms with Crippen molar-refractivity contribution in [2.75, 3.05) is 40.0 Å². The number of methoxy groups -OCH3 is 1. The third kappa shape index (κ3) is 4.33. The molecule has 3 heterocycles. The maximum atomic E-state index is 6.18. The van der Waals surface area contributed by atoms with Gasteiger partial charge >= 0.3 is 0 Å². The molecule has 0 bridgehead atoms. The van der Waals surface area contributed by atoms with Gasteiger partial charge in [0.1, 0.15) is 0 Å². The van der Waals surface area contributed by atoms with E-state index in [1.807, 2.05) is 6.07 Å². The first-order chi connectivity index (χ1) is 12.3. The van der Waals surface area contributed by atoms with Gasteiger partial charge in [0.05, 0.1) is 12.7 Å². The summed E-state index contributed by atoms with van der Waals surface area (Å²) in [5.41, 5.74) is 1.23. The van der Waals surface area contributed by atoms with Crippen molar-refractivity contribution in [3.63, 3.8) is 0 Å². The molecule has 0 unspecified atom stereocenters. The van der Waals surface area contributed by atoms with Crippen LogP contribution in [-0.4, -0.2) is 55.5 Å². The van der Waals surface area contributed by atoms with Crippen molar-refractivity contribution < 1.29 is 14.2 Å². The number of hydrogen-bond donors (Lipinski definition) is 0. The van der Waals surface area contributed by atoms with E-state index in [1.165, 1.54) is 32.1 Å². The molecule has 1 aromatic rings. The van der Waals surface area contributed by atoms with Crippen molar-refractivity contribution in [2.24, 2.45) is 11.8 Å². The van der Waals surface area contributed by atoms with Gasteiger partial charge in [0, 0.05) is 51.2 Å². The Bertz CT molecular complexity index is 570. The van der Waals surface area contributed by atoms with E-state index in [-0.39, 0.29) is 5.60 Å². The Labute approximate surface area is 150 Å². The molecule has 0 radical (unpaired) electrons. The Morgan fingerprint density at radius 2 is 2.16 bits per heavy atom. The van der Waals surface area contributed by atoms with Crippen molar-refractivity contribution >= 4 is 0 Å². The van der Waals surface area contributed by atoms with E-state index in [9.17, 15) is 0 Å². The second-order valence-electron chi connectivity index (χ2n) is 8.01. The average Bonchev–Trinajstić information content (AvgIpc) is 3.43. The van der Waals surface area contributed by atoms with Crippen LogP contribution in [0.4, 0.5) is 0 Å². The van der Waals surface area contributed by atoms with Crippen LogP contribution in [0.25, 0.3) is 0 Å². The molecule has 138 valence electrons. The topological polar surface area (TPSA) is 43.8 Å². The summed E-state index contributed by atoms with van der Waals surface area (Å²) in [5, 5.41) is 0. The molecule has 25 heavy (non-hydrogen) atoms. The largest absolute Gasteiger partial charge is 0.481 e. The van der Waals surface area contributed by atoms with Crippen LogP contribution in [-0.2, 0) is 16.0 Å². The SMILES string of the molecule is COc1ncccc1CN1CC2(C[C@H](CCOCC3CC3)CCO2)C1. The Morgan fingerprint density at radius 1 is 1.28 bits per heavy atom. The van der Waals surface area contributed by atoms with Crippen LogP contribution in [0.15, 0.2) is 18.3 Å². The van der Waals surface area contributed by atoms with E-state index in [4.69, 9.17) is 14.2 Å². The van der Waals surface area contributed by atoms with Gasteiger partial charge in [0.2, 0.25) is 5.88 Å². The zero-order chi connectivity index (χ0) is 17.1. The van der Waals surface area contributed by atoms with Gasteiger partial charge in [-0.1, -0.05) is 6.07 Å². The summed E-state index contributed by atoms with van der Waals surface area (Å²) < 4.78 is 17.4. The molecular formula is C20H30N2O3. The highest BCUT2D eigenvalue weighted by Gasteiger charge is 2.47. The minimum Gasteiger partial charge on any atom is -0.481 e. The normalized spacial score (nSPS) is 25.7. The molecule has 3 fully saturated rings. The zero-order valence-corrected chi connectivity index (χ0v) is 15.3. The molecule has 4 rings (SSSR count). The lowest BCUT2D eigenvalue weighted by Crippen LogP contribution is -2.64. The molecule has 1 spiro atoms. The fourth-order valence-corrected chi connectivity index (χ4v) is 4.23. The number of hydrogen-bond acceptors (Lipinski definition) is 5. The van der Waals surface area contributed by atoms with Gasteiger partial charge < -0.3 is 14.2 Å². The lowest BCUT2D eigenvalue weighted by atomic mass is 9.79. The number of aromatic nitrogens is 1. The highest BCUT2D eigenvalue weighted by atomic mass is 16.5. The highest BCUT2D eigenvalue weighted by Crippen LogP contribution is 2.39. The van der Waals surface area contributed by atoms with Crippen LogP contribution in [0.1, 0.15) is 37.7 Å². The summed E-state index contributed by atoms with van der Waals surface area (Å²) >= 11 is 0. The lowest BCUT2D eigenvalue weighted by molar-refractivity contribution is -0.182. The van der Waals surface area contributed by atoms with Crippen molar-refractivity contribution in [2.45, 2.75) is 44.2 Å². The summed E-state index contributed by atoms with van der Waals surface area (Å²) in [7, 11) is 1.68. The maximum absolute atomic E-state index is 6.18. The Kier molecular flexibility index (Phi) is 5.25. The van der Waals surface area contributed by atoms with Crippen molar-refractivity contribution in [3.05, 3.63) is 23.9 Å². The average molecular weight is 346 g/mol. The zero-order valence-electron chi connectivity index (χ0n) is 15.3. The third-order valence-electron chi connectivity index (χ3n) is 5.78. The van der Waals surface area contributed by atoms with E-state index in [0.717, 1.165) is 62.7 Å². The third-order valence-corrected chi connectivity index (χ3v) is 5.78. The first kappa shape index (κ1) is 17.3. The molecule has 0 amide bonds. The summed E-state index contributed by atoms with van der Waals surface area (Å²) in [6, 6.07) is 4.07. The number of likely N-dealkylation sites (tertiary alicyclic amines) is 1. The molecule has 3 aliphatic rings. The first-order valence-corrected chi connectivity index (χ1v) is 9.68. The molecule has 2 saturated heterocycles. The van der Waals surface area contributed by atoms with Gasteiger partial charge in [-0.25, -0.2) is 4.98 Å². The van der Waals surface area contributed by atoms with E-state index >= 15 is 0 Å². The fourth-order valence-electron chi connectivity index (χ4n) is 4.23. The molecule has 0 aromatic carbocycles. The molecule has 1 aromatic heterocycles. The van der Waals surface area contributed by atoms with Gasteiger partial charge in [-0.15, -0.1) is 0 Å². The molecule has 1 saturated carbocycles. The molecule has 5 heteroatoms. The van der Waals surface area contributed by atoms with Crippen molar-refractivity contribution in [1.82, 2.24) is 9.88 Å². The van der Waals surface area contributed by atoms with Gasteiger partial charge in [0.25, 0.3) is 0 Å². The summed E-state index contributed by atoms with van der Waals surface area (Å²) in [6.07, 6.45) is 8.08. The fraction of sp³-hybridized carbons (Fsp3) is 0.750. The minimum atomic E-state index is 0.0782.